The van der Waals surface area contributed by atoms with Crippen LogP contribution >= 0.6 is 0 Å². The second kappa shape index (κ2) is 11.7. The van der Waals surface area contributed by atoms with Crippen LogP contribution in [0.5, 0.6) is 0 Å². The highest BCUT2D eigenvalue weighted by molar-refractivity contribution is 5.93. The maximum atomic E-state index is 14.1. The maximum absolute atomic E-state index is 14.1. The number of amides is 2. The Bertz CT molecular complexity index is 906. The number of carbonyl (C=O) groups excluding carboxylic acids is 2. The standard InChI is InChI=1S/C24H34FN5O2/c1-15(13-28-16(2)27-3)21(18-7-8-18)12-23(31)29-14-19(30(4)5)10-17-6-9-20(24(26)32)22(25)11-17/h6,9,11,13,18-19,21H,3,7-8,10,12,14H2,1-2,4-5H3,(H2,26,32)(H,29,31)/b15-13+,28-16-/t19-,21+/m0/s1. The van der Waals surface area contributed by atoms with Crippen LogP contribution in [-0.4, -0.2) is 55.9 Å². The molecule has 32 heavy (non-hydrogen) atoms. The van der Waals surface area contributed by atoms with Gasteiger partial charge in [-0.25, -0.2) is 14.4 Å². The molecule has 0 unspecified atom stereocenters. The number of benzene rings is 1. The molecule has 1 aliphatic rings. The third-order valence-corrected chi connectivity index (χ3v) is 5.90. The van der Waals surface area contributed by atoms with Crippen molar-refractivity contribution in [2.45, 2.75) is 45.6 Å². The molecule has 8 heteroatoms. The van der Waals surface area contributed by atoms with E-state index in [1.165, 1.54) is 12.1 Å². The fraction of sp³-hybridized carbons (Fsp3) is 0.500. The third-order valence-electron chi connectivity index (χ3n) is 5.90. The minimum absolute atomic E-state index is 0.0145. The van der Waals surface area contributed by atoms with Gasteiger partial charge < -0.3 is 16.0 Å². The van der Waals surface area contributed by atoms with E-state index in [1.807, 2.05) is 25.9 Å². The molecule has 174 valence electrons. The normalized spacial score (nSPS) is 16.6. The highest BCUT2D eigenvalue weighted by Crippen LogP contribution is 2.42. The van der Waals surface area contributed by atoms with Crippen LogP contribution in [0.4, 0.5) is 4.39 Å². The van der Waals surface area contributed by atoms with Crippen molar-refractivity contribution in [2.24, 2.45) is 27.6 Å². The van der Waals surface area contributed by atoms with Crippen molar-refractivity contribution in [3.8, 4) is 0 Å². The summed E-state index contributed by atoms with van der Waals surface area (Å²) in [7, 11) is 3.83. The van der Waals surface area contributed by atoms with Crippen LogP contribution in [0.1, 0.15) is 49.0 Å². The molecule has 7 nitrogen and oxygen atoms in total. The summed E-state index contributed by atoms with van der Waals surface area (Å²) in [5, 5.41) is 3.03. The number of rotatable bonds is 11. The van der Waals surface area contributed by atoms with E-state index in [-0.39, 0.29) is 23.4 Å². The number of nitrogens with one attached hydrogen (secondary N) is 1. The number of halogens is 1. The second-order valence-corrected chi connectivity index (χ2v) is 8.66. The molecule has 0 radical (unpaired) electrons. The Hall–Kier alpha value is -2.87. The Morgan fingerprint density at radius 2 is 2.03 bits per heavy atom. The molecular formula is C24H34FN5O2. The van der Waals surface area contributed by atoms with Gasteiger partial charge in [0, 0.05) is 25.2 Å². The SMILES string of the molecule is C=N/C(C)=N\C=C(/C)[C@@H](CC(=O)NC[C@H](Cc1ccc(C(N)=O)c(F)c1)N(C)C)C1CC1. The highest BCUT2D eigenvalue weighted by Gasteiger charge is 2.33. The number of hydrogen-bond donors (Lipinski definition) is 2. The largest absolute Gasteiger partial charge is 0.366 e. The Kier molecular flexibility index (Phi) is 9.26. The number of nitrogens with two attached hydrogens (primary N) is 1. The van der Waals surface area contributed by atoms with Crippen LogP contribution in [-0.2, 0) is 11.2 Å². The molecule has 1 saturated carbocycles. The Balaban J connectivity index is 1.98. The van der Waals surface area contributed by atoms with Crippen LogP contribution in [0, 0.1) is 17.7 Å². The molecule has 0 heterocycles. The number of aliphatic imine (C=N–C) groups is 2. The van der Waals surface area contributed by atoms with E-state index in [9.17, 15) is 14.0 Å². The fourth-order valence-corrected chi connectivity index (χ4v) is 3.63. The zero-order chi connectivity index (χ0) is 23.8. The second-order valence-electron chi connectivity index (χ2n) is 8.66. The lowest BCUT2D eigenvalue weighted by molar-refractivity contribution is -0.122. The molecule has 0 aromatic heterocycles. The number of amidine groups is 1. The molecule has 3 N–H and O–H groups in total. The van der Waals surface area contributed by atoms with Gasteiger partial charge in [0.15, 0.2) is 0 Å². The molecule has 0 aliphatic heterocycles. The molecule has 0 saturated heterocycles. The topological polar surface area (TPSA) is 100 Å². The maximum Gasteiger partial charge on any atom is 0.251 e. The number of hydrogen-bond acceptors (Lipinski definition) is 4. The first-order valence-corrected chi connectivity index (χ1v) is 10.8. The minimum atomic E-state index is -0.790. The number of allylic oxidation sites excluding steroid dienone is 1. The zero-order valence-corrected chi connectivity index (χ0v) is 19.4. The van der Waals surface area contributed by atoms with Crippen molar-refractivity contribution in [3.63, 3.8) is 0 Å². The first kappa shape index (κ1) is 25.4. The molecule has 2 atom stereocenters. The smallest absolute Gasteiger partial charge is 0.251 e. The van der Waals surface area contributed by atoms with E-state index in [0.29, 0.717) is 31.1 Å². The summed E-state index contributed by atoms with van der Waals surface area (Å²) in [5.41, 5.74) is 6.85. The molecule has 1 fully saturated rings. The first-order chi connectivity index (χ1) is 15.1. The van der Waals surface area contributed by atoms with Crippen molar-refractivity contribution in [1.29, 1.82) is 0 Å². The van der Waals surface area contributed by atoms with Crippen molar-refractivity contribution in [1.82, 2.24) is 10.2 Å². The molecule has 1 aromatic rings. The Morgan fingerprint density at radius 3 is 2.56 bits per heavy atom. The number of primary amides is 1. The van der Waals surface area contributed by atoms with E-state index in [1.54, 1.807) is 19.2 Å². The van der Waals surface area contributed by atoms with Crippen molar-refractivity contribution in [3.05, 3.63) is 46.9 Å². The summed E-state index contributed by atoms with van der Waals surface area (Å²) < 4.78 is 14.1. The summed E-state index contributed by atoms with van der Waals surface area (Å²) in [6, 6.07) is 4.40. The predicted octanol–water partition coefficient (Wildman–Crippen LogP) is 2.95. The van der Waals surface area contributed by atoms with Gasteiger partial charge in [-0.2, -0.15) is 0 Å². The average molecular weight is 444 g/mol. The van der Waals surface area contributed by atoms with Gasteiger partial charge in [0.1, 0.15) is 11.7 Å². The highest BCUT2D eigenvalue weighted by atomic mass is 19.1. The summed E-state index contributed by atoms with van der Waals surface area (Å²) in [5.74, 6) is -0.167. The van der Waals surface area contributed by atoms with Crippen LogP contribution in [0.2, 0.25) is 0 Å². The number of likely N-dealkylation sites (N-methyl/N-ethyl adjacent to an activating group) is 1. The molecule has 1 aliphatic carbocycles. The zero-order valence-electron chi connectivity index (χ0n) is 19.4. The lowest BCUT2D eigenvalue weighted by atomic mass is 9.92. The van der Waals surface area contributed by atoms with E-state index in [4.69, 9.17) is 5.73 Å². The van der Waals surface area contributed by atoms with Crippen LogP contribution in [0.15, 0.2) is 40.0 Å². The molecule has 2 amide bonds. The lowest BCUT2D eigenvalue weighted by Gasteiger charge is -2.25. The minimum Gasteiger partial charge on any atom is -0.366 e. The van der Waals surface area contributed by atoms with E-state index in [0.717, 1.165) is 24.0 Å². The Morgan fingerprint density at radius 1 is 1.34 bits per heavy atom. The van der Waals surface area contributed by atoms with Gasteiger partial charge >= 0.3 is 0 Å². The average Bonchev–Trinajstić information content (AvgIpc) is 3.57. The van der Waals surface area contributed by atoms with Crippen molar-refractivity contribution >= 4 is 24.4 Å². The van der Waals surface area contributed by atoms with Gasteiger partial charge in [-0.1, -0.05) is 11.6 Å². The summed E-state index contributed by atoms with van der Waals surface area (Å²) in [6.07, 6.45) is 4.96. The van der Waals surface area contributed by atoms with E-state index < -0.39 is 11.7 Å². The molecular weight excluding hydrogens is 409 g/mol. The van der Waals surface area contributed by atoms with Crippen LogP contribution in [0.3, 0.4) is 0 Å². The van der Waals surface area contributed by atoms with E-state index in [2.05, 4.69) is 22.0 Å². The van der Waals surface area contributed by atoms with Gasteiger partial charge in [-0.05, 0) is 83.5 Å². The summed E-state index contributed by atoms with van der Waals surface area (Å²) in [6.45, 7) is 7.68. The first-order valence-electron chi connectivity index (χ1n) is 10.8. The van der Waals surface area contributed by atoms with Crippen molar-refractivity contribution in [2.75, 3.05) is 20.6 Å². The van der Waals surface area contributed by atoms with Gasteiger partial charge in [0.25, 0.3) is 5.91 Å². The molecule has 1 aromatic carbocycles. The van der Waals surface area contributed by atoms with Crippen molar-refractivity contribution < 1.29 is 14.0 Å². The summed E-state index contributed by atoms with van der Waals surface area (Å²) in [4.78, 5) is 34.0. The monoisotopic (exact) mass is 443 g/mol. The predicted molar refractivity (Wildman–Crippen MR) is 126 cm³/mol. The molecule has 0 bridgehead atoms. The number of nitrogens with zero attached hydrogens (tertiary/aromatic N) is 3. The van der Waals surface area contributed by atoms with Gasteiger partial charge in [-0.3, -0.25) is 9.59 Å². The third kappa shape index (κ3) is 7.67. The van der Waals surface area contributed by atoms with E-state index >= 15 is 0 Å². The quantitative estimate of drug-likeness (QED) is 0.406. The lowest BCUT2D eigenvalue weighted by Crippen LogP contribution is -2.42. The van der Waals surface area contributed by atoms with Crippen LogP contribution in [0.25, 0.3) is 0 Å². The van der Waals surface area contributed by atoms with Gasteiger partial charge in [-0.15, -0.1) is 0 Å². The van der Waals surface area contributed by atoms with Gasteiger partial charge in [0.05, 0.1) is 5.56 Å². The fourth-order valence-electron chi connectivity index (χ4n) is 3.63. The molecule has 2 rings (SSSR count). The van der Waals surface area contributed by atoms with Crippen LogP contribution < -0.4 is 11.1 Å². The Labute approximate surface area is 189 Å². The molecule has 0 spiro atoms. The summed E-state index contributed by atoms with van der Waals surface area (Å²) >= 11 is 0. The van der Waals surface area contributed by atoms with Gasteiger partial charge in [0.2, 0.25) is 5.91 Å². The number of carbonyl (C=O) groups is 2.